The molecule has 0 saturated carbocycles. The number of hydrogen-bond acceptors (Lipinski definition) is 3. The van der Waals surface area contributed by atoms with Crippen molar-refractivity contribution in [3.05, 3.63) is 65.9 Å². The zero-order valence-corrected chi connectivity index (χ0v) is 13.6. The number of rotatable bonds is 4. The van der Waals surface area contributed by atoms with Gasteiger partial charge < -0.3 is 4.90 Å². The molecule has 1 aliphatic heterocycles. The fourth-order valence-corrected chi connectivity index (χ4v) is 2.96. The van der Waals surface area contributed by atoms with Crippen LogP contribution in [0.25, 0.3) is 11.3 Å². The van der Waals surface area contributed by atoms with E-state index in [9.17, 15) is 4.79 Å². The molecule has 120 valence electrons. The van der Waals surface area contributed by atoms with E-state index in [1.165, 1.54) is 0 Å². The van der Waals surface area contributed by atoms with Gasteiger partial charge in [0.05, 0.1) is 11.7 Å². The highest BCUT2D eigenvalue weighted by molar-refractivity contribution is 5.95. The normalized spacial score (nSPS) is 16.2. The Morgan fingerprint density at radius 2 is 2.08 bits per heavy atom. The minimum atomic E-state index is 0.0590. The van der Waals surface area contributed by atoms with Gasteiger partial charge in [0, 0.05) is 17.7 Å². The van der Waals surface area contributed by atoms with Gasteiger partial charge in [-0.3, -0.25) is 4.79 Å². The van der Waals surface area contributed by atoms with Gasteiger partial charge in [0.2, 0.25) is 0 Å². The highest BCUT2D eigenvalue weighted by Crippen LogP contribution is 2.21. The maximum Gasteiger partial charge on any atom is 0.254 e. The summed E-state index contributed by atoms with van der Waals surface area (Å²) < 4.78 is 0. The zero-order valence-electron chi connectivity index (χ0n) is 13.6. The van der Waals surface area contributed by atoms with Crippen LogP contribution >= 0.6 is 0 Å². The lowest BCUT2D eigenvalue weighted by Gasteiger charge is -2.24. The summed E-state index contributed by atoms with van der Waals surface area (Å²) in [5.41, 5.74) is 2.70. The van der Waals surface area contributed by atoms with Crippen molar-refractivity contribution in [1.82, 2.24) is 9.88 Å². The quantitative estimate of drug-likeness (QED) is 0.806. The summed E-state index contributed by atoms with van der Waals surface area (Å²) in [4.78, 5) is 18.9. The Labute approximate surface area is 142 Å². The SMILES string of the molecule is CCCC1C=CCN1C(=O)c1ccc(-c2cccc(C#N)n2)cc1. The van der Waals surface area contributed by atoms with E-state index in [4.69, 9.17) is 5.26 Å². The first kappa shape index (κ1) is 15.9. The molecule has 1 aliphatic rings. The molecule has 2 aromatic rings. The topological polar surface area (TPSA) is 57.0 Å². The van der Waals surface area contributed by atoms with Gasteiger partial charge in [-0.15, -0.1) is 0 Å². The molecular formula is C20H19N3O. The molecule has 0 spiro atoms. The average molecular weight is 317 g/mol. The third kappa shape index (κ3) is 3.21. The molecule has 1 unspecified atom stereocenters. The number of amides is 1. The van der Waals surface area contributed by atoms with E-state index in [1.807, 2.05) is 47.4 Å². The number of benzene rings is 1. The van der Waals surface area contributed by atoms with E-state index >= 15 is 0 Å². The first-order valence-corrected chi connectivity index (χ1v) is 8.18. The maximum atomic E-state index is 12.7. The van der Waals surface area contributed by atoms with Crippen LogP contribution in [0.3, 0.4) is 0 Å². The second-order valence-corrected chi connectivity index (χ2v) is 5.84. The molecular weight excluding hydrogens is 298 g/mol. The smallest absolute Gasteiger partial charge is 0.254 e. The van der Waals surface area contributed by atoms with Gasteiger partial charge in [-0.2, -0.15) is 5.26 Å². The maximum absolute atomic E-state index is 12.7. The summed E-state index contributed by atoms with van der Waals surface area (Å²) in [7, 11) is 0. The number of nitriles is 1. The predicted molar refractivity (Wildman–Crippen MR) is 93.3 cm³/mol. The Kier molecular flexibility index (Phi) is 4.72. The number of nitrogens with zero attached hydrogens (tertiary/aromatic N) is 3. The Morgan fingerprint density at radius 1 is 1.29 bits per heavy atom. The van der Waals surface area contributed by atoms with Crippen LogP contribution in [0.4, 0.5) is 0 Å². The molecule has 1 atom stereocenters. The number of aromatic nitrogens is 1. The van der Waals surface area contributed by atoms with Gasteiger partial charge in [0.1, 0.15) is 11.8 Å². The van der Waals surface area contributed by atoms with Crippen molar-refractivity contribution in [3.63, 3.8) is 0 Å². The minimum Gasteiger partial charge on any atom is -0.328 e. The molecule has 1 aromatic carbocycles. The standard InChI is InChI=1S/C20H19N3O/c1-2-5-18-7-4-13-23(18)20(24)16-11-9-15(10-12-16)19-8-3-6-17(14-21)22-19/h3-4,6-12,18H,2,5,13H2,1H3. The van der Waals surface area contributed by atoms with E-state index in [0.29, 0.717) is 17.8 Å². The molecule has 3 rings (SSSR count). The number of carbonyl (C=O) groups excluding carboxylic acids is 1. The first-order valence-electron chi connectivity index (χ1n) is 8.18. The monoisotopic (exact) mass is 317 g/mol. The number of carbonyl (C=O) groups is 1. The average Bonchev–Trinajstić information content (AvgIpc) is 3.10. The fourth-order valence-electron chi connectivity index (χ4n) is 2.96. The van der Waals surface area contributed by atoms with E-state index in [-0.39, 0.29) is 11.9 Å². The molecule has 0 bridgehead atoms. The molecule has 4 nitrogen and oxygen atoms in total. The highest BCUT2D eigenvalue weighted by atomic mass is 16.2. The van der Waals surface area contributed by atoms with E-state index in [2.05, 4.69) is 24.1 Å². The summed E-state index contributed by atoms with van der Waals surface area (Å²) in [6.45, 7) is 2.81. The number of hydrogen-bond donors (Lipinski definition) is 0. The van der Waals surface area contributed by atoms with Gasteiger partial charge in [0.15, 0.2) is 0 Å². The van der Waals surface area contributed by atoms with Crippen LogP contribution in [0, 0.1) is 11.3 Å². The zero-order chi connectivity index (χ0) is 16.9. The molecule has 0 radical (unpaired) electrons. The molecule has 0 saturated heterocycles. The lowest BCUT2D eigenvalue weighted by atomic mass is 10.1. The van der Waals surface area contributed by atoms with Crippen LogP contribution < -0.4 is 0 Å². The molecule has 4 heteroatoms. The van der Waals surface area contributed by atoms with Gasteiger partial charge in [0.25, 0.3) is 5.91 Å². The summed E-state index contributed by atoms with van der Waals surface area (Å²) in [5, 5.41) is 8.95. The summed E-state index contributed by atoms with van der Waals surface area (Å²) in [5.74, 6) is 0.0590. The van der Waals surface area contributed by atoms with E-state index in [1.54, 1.807) is 6.07 Å². The van der Waals surface area contributed by atoms with E-state index in [0.717, 1.165) is 24.1 Å². The molecule has 24 heavy (non-hydrogen) atoms. The lowest BCUT2D eigenvalue weighted by molar-refractivity contribution is 0.0744. The van der Waals surface area contributed by atoms with Crippen molar-refractivity contribution in [1.29, 1.82) is 5.26 Å². The van der Waals surface area contributed by atoms with Crippen LogP contribution in [0.2, 0.25) is 0 Å². The van der Waals surface area contributed by atoms with Crippen LogP contribution in [0.5, 0.6) is 0 Å². The number of pyridine rings is 1. The van der Waals surface area contributed by atoms with E-state index < -0.39 is 0 Å². The summed E-state index contributed by atoms with van der Waals surface area (Å²) in [6, 6.07) is 15.0. The van der Waals surface area contributed by atoms with Crippen LogP contribution in [0.1, 0.15) is 35.8 Å². The lowest BCUT2D eigenvalue weighted by Crippen LogP contribution is -2.35. The minimum absolute atomic E-state index is 0.0590. The third-order valence-corrected chi connectivity index (χ3v) is 4.20. The van der Waals surface area contributed by atoms with Crippen molar-refractivity contribution in [3.8, 4) is 17.3 Å². The van der Waals surface area contributed by atoms with Crippen molar-refractivity contribution in [2.24, 2.45) is 0 Å². The van der Waals surface area contributed by atoms with Gasteiger partial charge in [-0.05, 0) is 30.7 Å². The van der Waals surface area contributed by atoms with Gasteiger partial charge in [-0.25, -0.2) is 4.98 Å². The second-order valence-electron chi connectivity index (χ2n) is 5.84. The van der Waals surface area contributed by atoms with Gasteiger partial charge >= 0.3 is 0 Å². The second kappa shape index (κ2) is 7.10. The Hall–Kier alpha value is -2.93. The van der Waals surface area contributed by atoms with Crippen molar-refractivity contribution >= 4 is 5.91 Å². The highest BCUT2D eigenvalue weighted by Gasteiger charge is 2.24. The summed E-state index contributed by atoms with van der Waals surface area (Å²) in [6.07, 6.45) is 6.22. The largest absolute Gasteiger partial charge is 0.328 e. The molecule has 1 aromatic heterocycles. The van der Waals surface area contributed by atoms with Crippen LogP contribution in [0.15, 0.2) is 54.6 Å². The van der Waals surface area contributed by atoms with Crippen molar-refractivity contribution in [2.75, 3.05) is 6.54 Å². The molecule has 0 aliphatic carbocycles. The van der Waals surface area contributed by atoms with Crippen molar-refractivity contribution < 1.29 is 4.79 Å². The van der Waals surface area contributed by atoms with Gasteiger partial charge in [-0.1, -0.05) is 43.7 Å². The summed E-state index contributed by atoms with van der Waals surface area (Å²) >= 11 is 0. The Balaban J connectivity index is 1.79. The van der Waals surface area contributed by atoms with Crippen LogP contribution in [-0.2, 0) is 0 Å². The molecule has 0 fully saturated rings. The fraction of sp³-hybridized carbons (Fsp3) is 0.250. The third-order valence-electron chi connectivity index (χ3n) is 4.20. The molecule has 0 N–H and O–H groups in total. The first-order chi connectivity index (χ1) is 11.7. The van der Waals surface area contributed by atoms with Crippen molar-refractivity contribution in [2.45, 2.75) is 25.8 Å². The Morgan fingerprint density at radius 3 is 2.79 bits per heavy atom. The molecule has 1 amide bonds. The Bertz CT molecular complexity index is 802. The van der Waals surface area contributed by atoms with Crippen LogP contribution in [-0.4, -0.2) is 28.4 Å². The molecule has 2 heterocycles. The predicted octanol–water partition coefficient (Wildman–Crippen LogP) is 3.80.